The van der Waals surface area contributed by atoms with Crippen molar-refractivity contribution in [2.24, 2.45) is 11.5 Å². The van der Waals surface area contributed by atoms with E-state index in [1.165, 1.54) is 4.68 Å². The molecular weight excluding hydrogens is 594 g/mol. The van der Waals surface area contributed by atoms with Gasteiger partial charge in [0.05, 0.1) is 25.4 Å². The molecule has 0 fully saturated rings. The SMILES string of the molecule is CCC[C@H](NC(=O)[C@H](Cc1ccccc1)NC(=O)[C@H](Cn1cc(Cc2ccccc2)nn1)NC(=O)[C@H](CO)NC(=O)CN)C(N)=O. The number of nitrogens with zero attached hydrogens (tertiary/aromatic N) is 3. The number of benzene rings is 2. The quantitative estimate of drug-likeness (QED) is 0.0841. The van der Waals surface area contributed by atoms with Crippen molar-refractivity contribution in [2.75, 3.05) is 13.2 Å². The van der Waals surface area contributed by atoms with E-state index in [0.29, 0.717) is 25.0 Å². The summed E-state index contributed by atoms with van der Waals surface area (Å²) in [4.78, 5) is 64.1. The minimum atomic E-state index is -1.40. The summed E-state index contributed by atoms with van der Waals surface area (Å²) in [5.74, 6) is -3.67. The lowest BCUT2D eigenvalue weighted by atomic mass is 10.0. The molecule has 0 saturated heterocycles. The third-order valence-electron chi connectivity index (χ3n) is 6.99. The number of primary amides is 1. The molecule has 4 atom stereocenters. The fourth-order valence-electron chi connectivity index (χ4n) is 4.59. The van der Waals surface area contributed by atoms with Gasteiger partial charge >= 0.3 is 0 Å². The summed E-state index contributed by atoms with van der Waals surface area (Å²) in [7, 11) is 0. The Kier molecular flexibility index (Phi) is 13.8. The average molecular weight is 636 g/mol. The van der Waals surface area contributed by atoms with Crippen LogP contribution < -0.4 is 32.7 Å². The van der Waals surface area contributed by atoms with E-state index >= 15 is 0 Å². The van der Waals surface area contributed by atoms with Crippen LogP contribution in [-0.4, -0.2) is 87.0 Å². The molecule has 3 aromatic rings. The number of hydrogen-bond donors (Lipinski definition) is 7. The lowest BCUT2D eigenvalue weighted by Gasteiger charge is -2.26. The molecule has 0 aliphatic heterocycles. The van der Waals surface area contributed by atoms with Crippen LogP contribution in [0.1, 0.15) is 36.6 Å². The predicted octanol–water partition coefficient (Wildman–Crippen LogP) is -1.71. The Bertz CT molecular complexity index is 1450. The second-order valence-corrected chi connectivity index (χ2v) is 10.7. The highest BCUT2D eigenvalue weighted by molar-refractivity contribution is 5.95. The fourth-order valence-corrected chi connectivity index (χ4v) is 4.59. The van der Waals surface area contributed by atoms with Gasteiger partial charge in [-0.15, -0.1) is 5.10 Å². The highest BCUT2D eigenvalue weighted by Gasteiger charge is 2.31. The number of rotatable bonds is 18. The van der Waals surface area contributed by atoms with Crippen LogP contribution in [0.4, 0.5) is 0 Å². The van der Waals surface area contributed by atoms with Crippen molar-refractivity contribution in [1.82, 2.24) is 36.3 Å². The number of hydrogen-bond acceptors (Lipinski definition) is 9. The van der Waals surface area contributed by atoms with E-state index in [1.807, 2.05) is 37.3 Å². The summed E-state index contributed by atoms with van der Waals surface area (Å²) in [6, 6.07) is 13.6. The zero-order valence-corrected chi connectivity index (χ0v) is 25.6. The van der Waals surface area contributed by atoms with Crippen molar-refractivity contribution in [3.63, 3.8) is 0 Å². The molecule has 46 heavy (non-hydrogen) atoms. The van der Waals surface area contributed by atoms with Crippen molar-refractivity contribution in [3.8, 4) is 0 Å². The molecule has 0 unspecified atom stereocenters. The molecule has 0 bridgehead atoms. The van der Waals surface area contributed by atoms with Gasteiger partial charge in [-0.3, -0.25) is 24.0 Å². The van der Waals surface area contributed by atoms with Gasteiger partial charge in [-0.05, 0) is 17.5 Å². The van der Waals surface area contributed by atoms with Gasteiger partial charge < -0.3 is 37.8 Å². The second kappa shape index (κ2) is 18.0. The number of aliphatic hydroxyl groups excluding tert-OH is 1. The van der Waals surface area contributed by atoms with E-state index < -0.39 is 66.9 Å². The maximum Gasteiger partial charge on any atom is 0.245 e. The summed E-state index contributed by atoms with van der Waals surface area (Å²) in [6.45, 7) is 0.449. The minimum Gasteiger partial charge on any atom is -0.394 e. The number of nitrogens with two attached hydrogens (primary N) is 2. The average Bonchev–Trinajstić information content (AvgIpc) is 3.49. The molecule has 0 aliphatic rings. The second-order valence-electron chi connectivity index (χ2n) is 10.7. The standard InChI is InChI=1S/C31H41N9O6/c1-2-9-23(28(33)43)35-29(44)24(15-21-12-7-4-8-13-21)36-30(45)25(37-31(46)26(19-41)34-27(42)16-32)18-40-17-22(38-39-40)14-20-10-5-3-6-11-20/h3-8,10-13,17,23-26,41H,2,9,14-16,18-19,32H2,1H3,(H2,33,43)(H,34,42)(H,35,44)(H,36,45)(H,37,46)/t23-,24-,25-,26-/m0/s1. The Hall–Kier alpha value is -5.15. The normalized spacial score (nSPS) is 13.5. The zero-order chi connectivity index (χ0) is 33.5. The molecule has 0 saturated carbocycles. The Morgan fingerprint density at radius 2 is 1.37 bits per heavy atom. The monoisotopic (exact) mass is 635 g/mol. The first-order valence-corrected chi connectivity index (χ1v) is 14.9. The Morgan fingerprint density at radius 1 is 0.804 bits per heavy atom. The molecule has 5 amide bonds. The minimum absolute atomic E-state index is 0.0626. The van der Waals surface area contributed by atoms with Crippen LogP contribution in [-0.2, 0) is 43.4 Å². The van der Waals surface area contributed by atoms with Crippen LogP contribution in [0.3, 0.4) is 0 Å². The first-order valence-electron chi connectivity index (χ1n) is 14.9. The van der Waals surface area contributed by atoms with Gasteiger partial charge in [-0.2, -0.15) is 0 Å². The highest BCUT2D eigenvalue weighted by atomic mass is 16.3. The van der Waals surface area contributed by atoms with Gasteiger partial charge in [-0.1, -0.05) is 79.2 Å². The summed E-state index contributed by atoms with van der Waals surface area (Å²) >= 11 is 0. The van der Waals surface area contributed by atoms with Crippen LogP contribution in [0, 0.1) is 0 Å². The number of carbonyl (C=O) groups is 5. The van der Waals surface area contributed by atoms with E-state index in [1.54, 1.807) is 36.5 Å². The summed E-state index contributed by atoms with van der Waals surface area (Å²) in [5.41, 5.74) is 13.1. The topological polar surface area (TPSA) is 236 Å². The molecule has 2 aromatic carbocycles. The third kappa shape index (κ3) is 11.1. The Balaban J connectivity index is 1.87. The number of carbonyl (C=O) groups excluding carboxylic acids is 5. The van der Waals surface area contributed by atoms with E-state index in [-0.39, 0.29) is 13.0 Å². The van der Waals surface area contributed by atoms with Gasteiger partial charge in [0, 0.05) is 19.0 Å². The van der Waals surface area contributed by atoms with Gasteiger partial charge in [0.15, 0.2) is 0 Å². The molecule has 1 heterocycles. The summed E-state index contributed by atoms with van der Waals surface area (Å²) in [6.07, 6.45) is 3.04. The lowest BCUT2D eigenvalue weighted by Crippen LogP contribution is -2.60. The number of aliphatic hydroxyl groups is 1. The lowest BCUT2D eigenvalue weighted by molar-refractivity contribution is -0.135. The van der Waals surface area contributed by atoms with E-state index in [2.05, 4.69) is 31.6 Å². The van der Waals surface area contributed by atoms with Crippen LogP contribution in [0.25, 0.3) is 0 Å². The molecule has 0 spiro atoms. The van der Waals surface area contributed by atoms with Crippen molar-refractivity contribution < 1.29 is 29.1 Å². The molecule has 3 rings (SSSR count). The van der Waals surface area contributed by atoms with Gasteiger partial charge in [-0.25, -0.2) is 4.68 Å². The van der Waals surface area contributed by atoms with Crippen LogP contribution in [0.2, 0.25) is 0 Å². The molecule has 15 heteroatoms. The fraction of sp³-hybridized carbons (Fsp3) is 0.387. The van der Waals surface area contributed by atoms with Gasteiger partial charge in [0.25, 0.3) is 0 Å². The maximum absolute atomic E-state index is 13.8. The van der Waals surface area contributed by atoms with Crippen molar-refractivity contribution >= 4 is 29.5 Å². The number of amides is 5. The predicted molar refractivity (Wildman–Crippen MR) is 167 cm³/mol. The molecule has 246 valence electrons. The van der Waals surface area contributed by atoms with E-state index in [4.69, 9.17) is 11.5 Å². The molecule has 0 radical (unpaired) electrons. The van der Waals surface area contributed by atoms with Crippen LogP contribution >= 0.6 is 0 Å². The molecule has 9 N–H and O–H groups in total. The van der Waals surface area contributed by atoms with Gasteiger partial charge in [0.2, 0.25) is 29.5 Å². The molecule has 1 aromatic heterocycles. The number of aromatic nitrogens is 3. The van der Waals surface area contributed by atoms with Crippen molar-refractivity contribution in [2.45, 2.75) is 63.3 Å². The first kappa shape index (κ1) is 35.3. The third-order valence-corrected chi connectivity index (χ3v) is 6.99. The smallest absolute Gasteiger partial charge is 0.245 e. The molecular formula is C31H41N9O6. The molecule has 15 nitrogen and oxygen atoms in total. The maximum atomic E-state index is 13.8. The van der Waals surface area contributed by atoms with E-state index in [0.717, 1.165) is 11.1 Å². The summed E-state index contributed by atoms with van der Waals surface area (Å²) in [5, 5.41) is 28.1. The number of nitrogens with one attached hydrogen (secondary N) is 4. The van der Waals surface area contributed by atoms with Crippen molar-refractivity contribution in [1.29, 1.82) is 0 Å². The molecule has 0 aliphatic carbocycles. The highest BCUT2D eigenvalue weighted by Crippen LogP contribution is 2.09. The zero-order valence-electron chi connectivity index (χ0n) is 25.6. The summed E-state index contributed by atoms with van der Waals surface area (Å²) < 4.78 is 1.37. The first-order chi connectivity index (χ1) is 22.1. The van der Waals surface area contributed by atoms with Crippen molar-refractivity contribution in [3.05, 3.63) is 83.7 Å². The Morgan fingerprint density at radius 3 is 1.96 bits per heavy atom. The largest absolute Gasteiger partial charge is 0.394 e. The van der Waals surface area contributed by atoms with Gasteiger partial charge in [0.1, 0.15) is 24.2 Å². The van der Waals surface area contributed by atoms with Crippen LogP contribution in [0.15, 0.2) is 66.9 Å². The van der Waals surface area contributed by atoms with E-state index in [9.17, 15) is 29.1 Å². The Labute approximate surface area is 266 Å². The van der Waals surface area contributed by atoms with Crippen LogP contribution in [0.5, 0.6) is 0 Å².